The molecule has 0 fully saturated rings. The minimum atomic E-state index is -0.575. The van der Waals surface area contributed by atoms with Crippen LogP contribution in [0.2, 0.25) is 0 Å². The van der Waals surface area contributed by atoms with Gasteiger partial charge in [-0.15, -0.1) is 11.3 Å². The summed E-state index contributed by atoms with van der Waals surface area (Å²) in [5.41, 5.74) is 1.91. The largest absolute Gasteiger partial charge is 0.444 e. The molecule has 0 unspecified atom stereocenters. The van der Waals surface area contributed by atoms with Crippen LogP contribution in [0.25, 0.3) is 22.5 Å². The van der Waals surface area contributed by atoms with Crippen molar-refractivity contribution in [3.63, 3.8) is 0 Å². The second kappa shape index (κ2) is 7.86. The number of thiazole rings is 1. The molecule has 156 valence electrons. The summed E-state index contributed by atoms with van der Waals surface area (Å²) in [6, 6.07) is 7.85. The number of nitrogens with zero attached hydrogens (tertiary/aromatic N) is 5. The number of carbonyl (C=O) groups excluding carboxylic acids is 1. The average Bonchev–Trinajstić information content (AvgIpc) is 3.38. The van der Waals surface area contributed by atoms with Crippen molar-refractivity contribution in [1.82, 2.24) is 30.2 Å². The van der Waals surface area contributed by atoms with Crippen LogP contribution in [0.4, 0.5) is 4.79 Å². The maximum atomic E-state index is 11.8. The lowest BCUT2D eigenvalue weighted by molar-refractivity contribution is 0.0522. The Morgan fingerprint density at radius 1 is 1.27 bits per heavy atom. The minimum Gasteiger partial charge on any atom is -0.444 e. The number of aromatic nitrogens is 5. The summed E-state index contributed by atoms with van der Waals surface area (Å²) < 4.78 is 12.5. The quantitative estimate of drug-likeness (QED) is 0.515. The molecule has 4 aromatic rings. The molecular weight excluding hydrogens is 404 g/mol. The van der Waals surface area contributed by atoms with Crippen LogP contribution in [0.1, 0.15) is 37.3 Å². The molecule has 0 spiro atoms. The van der Waals surface area contributed by atoms with Crippen molar-refractivity contribution in [1.29, 1.82) is 0 Å². The smallest absolute Gasteiger partial charge is 0.408 e. The molecule has 30 heavy (non-hydrogen) atoms. The fourth-order valence-electron chi connectivity index (χ4n) is 2.93. The maximum absolute atomic E-state index is 11.8. The molecule has 0 atom stereocenters. The lowest BCUT2D eigenvalue weighted by Gasteiger charge is -2.19. The Bertz CT molecular complexity index is 1190. The lowest BCUT2D eigenvalue weighted by atomic mass is 10.2. The Hall–Kier alpha value is -3.27. The molecule has 4 rings (SSSR count). The molecule has 10 heteroatoms. The van der Waals surface area contributed by atoms with Gasteiger partial charge in [-0.2, -0.15) is 10.1 Å². The topological polar surface area (TPSA) is 108 Å². The van der Waals surface area contributed by atoms with Gasteiger partial charge in [-0.1, -0.05) is 23.4 Å². The fourth-order valence-corrected chi connectivity index (χ4v) is 3.53. The molecule has 9 nitrogen and oxygen atoms in total. The molecule has 0 aliphatic rings. The van der Waals surface area contributed by atoms with Gasteiger partial charge in [0.1, 0.15) is 5.60 Å². The van der Waals surface area contributed by atoms with E-state index in [9.17, 15) is 4.79 Å². The van der Waals surface area contributed by atoms with E-state index in [1.54, 1.807) is 32.1 Å². The molecule has 0 aliphatic carbocycles. The number of aryl methyl sites for hydroxylation is 1. The number of hydrogen-bond donors (Lipinski definition) is 1. The van der Waals surface area contributed by atoms with E-state index in [0.29, 0.717) is 24.0 Å². The zero-order chi connectivity index (χ0) is 21.3. The molecule has 0 bridgehead atoms. The number of nitrogens with one attached hydrogen (secondary N) is 1. The highest BCUT2D eigenvalue weighted by molar-refractivity contribution is 7.09. The highest BCUT2D eigenvalue weighted by atomic mass is 32.1. The number of rotatable bonds is 5. The van der Waals surface area contributed by atoms with Crippen LogP contribution >= 0.6 is 11.3 Å². The van der Waals surface area contributed by atoms with E-state index in [-0.39, 0.29) is 6.54 Å². The van der Waals surface area contributed by atoms with Crippen LogP contribution < -0.4 is 5.32 Å². The van der Waals surface area contributed by atoms with Gasteiger partial charge in [0, 0.05) is 10.8 Å². The second-order valence-electron chi connectivity index (χ2n) is 7.75. The first kappa shape index (κ1) is 20.0. The fraction of sp³-hybridized carbons (Fsp3) is 0.350. The van der Waals surface area contributed by atoms with Gasteiger partial charge in [-0.05, 0) is 33.8 Å². The van der Waals surface area contributed by atoms with E-state index < -0.39 is 11.7 Å². The van der Waals surface area contributed by atoms with Gasteiger partial charge in [0.25, 0.3) is 5.89 Å². The van der Waals surface area contributed by atoms with E-state index in [0.717, 1.165) is 21.6 Å². The van der Waals surface area contributed by atoms with Crippen molar-refractivity contribution in [3.05, 3.63) is 46.2 Å². The van der Waals surface area contributed by atoms with Crippen LogP contribution in [-0.2, 0) is 17.8 Å². The van der Waals surface area contributed by atoms with Gasteiger partial charge in [0.2, 0.25) is 0 Å². The van der Waals surface area contributed by atoms with Crippen molar-refractivity contribution in [2.24, 2.45) is 0 Å². The summed E-state index contributed by atoms with van der Waals surface area (Å²) >= 11 is 1.61. The van der Waals surface area contributed by atoms with Crippen LogP contribution in [0.5, 0.6) is 0 Å². The molecular formula is C20H22N6O3S. The summed E-state index contributed by atoms with van der Waals surface area (Å²) in [6.07, 6.45) is -0.540. The van der Waals surface area contributed by atoms with Gasteiger partial charge in [-0.25, -0.2) is 9.78 Å². The summed E-state index contributed by atoms with van der Waals surface area (Å²) in [5.74, 6) is 0.630. The normalized spacial score (nSPS) is 11.7. The Morgan fingerprint density at radius 2 is 2.07 bits per heavy atom. The van der Waals surface area contributed by atoms with Crippen LogP contribution in [0.15, 0.2) is 34.2 Å². The van der Waals surface area contributed by atoms with E-state index in [2.05, 4.69) is 20.4 Å². The molecule has 1 amide bonds. The Kier molecular flexibility index (Phi) is 5.25. The summed E-state index contributed by atoms with van der Waals surface area (Å²) in [7, 11) is 0. The lowest BCUT2D eigenvalue weighted by Crippen LogP contribution is -2.32. The number of amides is 1. The standard InChI is InChI=1S/C20H22N6O3S/c1-12-22-13(11-30-12)10-26-15-8-6-5-7-14(15)17(24-26)18-23-16(25-29-18)9-21-19(27)28-20(2,3)4/h5-8,11H,9-10H2,1-4H3,(H,21,27). The highest BCUT2D eigenvalue weighted by Crippen LogP contribution is 2.27. The molecule has 3 aromatic heterocycles. The predicted octanol–water partition coefficient (Wildman–Crippen LogP) is 3.92. The first-order chi connectivity index (χ1) is 14.3. The van der Waals surface area contributed by atoms with Crippen LogP contribution in [0.3, 0.4) is 0 Å². The SMILES string of the molecule is Cc1nc(Cn2nc(-c3nc(CNC(=O)OC(C)(C)C)no3)c3ccccc32)cs1. The number of fused-ring (bicyclic) bond motifs is 1. The Morgan fingerprint density at radius 3 is 2.80 bits per heavy atom. The minimum absolute atomic E-state index is 0.0924. The zero-order valence-corrected chi connectivity index (χ0v) is 18.0. The molecule has 3 heterocycles. The third kappa shape index (κ3) is 4.48. The molecule has 1 aromatic carbocycles. The van der Waals surface area contributed by atoms with E-state index >= 15 is 0 Å². The van der Waals surface area contributed by atoms with Crippen molar-refractivity contribution in [2.75, 3.05) is 0 Å². The van der Waals surface area contributed by atoms with Crippen molar-refractivity contribution < 1.29 is 14.1 Å². The number of benzene rings is 1. The second-order valence-corrected chi connectivity index (χ2v) is 8.81. The number of ether oxygens (including phenoxy) is 1. The Labute approximate surface area is 177 Å². The van der Waals surface area contributed by atoms with E-state index in [4.69, 9.17) is 14.4 Å². The zero-order valence-electron chi connectivity index (χ0n) is 17.2. The van der Waals surface area contributed by atoms with E-state index in [1.807, 2.05) is 41.3 Å². The van der Waals surface area contributed by atoms with Crippen LogP contribution in [0, 0.1) is 6.92 Å². The van der Waals surface area contributed by atoms with Gasteiger partial charge in [-0.3, -0.25) is 4.68 Å². The molecule has 0 saturated carbocycles. The maximum Gasteiger partial charge on any atom is 0.408 e. The van der Waals surface area contributed by atoms with Gasteiger partial charge in [0.05, 0.1) is 29.3 Å². The highest BCUT2D eigenvalue weighted by Gasteiger charge is 2.20. The number of carbonyl (C=O) groups is 1. The molecule has 1 N–H and O–H groups in total. The summed E-state index contributed by atoms with van der Waals surface area (Å²) in [6.45, 7) is 8.02. The first-order valence-corrected chi connectivity index (χ1v) is 10.3. The number of para-hydroxylation sites is 1. The summed E-state index contributed by atoms with van der Waals surface area (Å²) in [4.78, 5) is 20.7. The number of alkyl carbamates (subject to hydrolysis) is 1. The Balaban J connectivity index is 1.56. The molecule has 0 radical (unpaired) electrons. The van der Waals surface area contributed by atoms with Gasteiger partial charge in [0.15, 0.2) is 11.5 Å². The molecule has 0 aliphatic heterocycles. The monoisotopic (exact) mass is 426 g/mol. The molecule has 0 saturated heterocycles. The van der Waals surface area contributed by atoms with Crippen LogP contribution in [-0.4, -0.2) is 36.6 Å². The number of hydrogen-bond acceptors (Lipinski definition) is 8. The van der Waals surface area contributed by atoms with Crippen molar-refractivity contribution >= 4 is 28.3 Å². The van der Waals surface area contributed by atoms with Gasteiger partial charge < -0.3 is 14.6 Å². The van der Waals surface area contributed by atoms with E-state index in [1.165, 1.54) is 0 Å². The van der Waals surface area contributed by atoms with Crippen molar-refractivity contribution in [2.45, 2.75) is 46.4 Å². The summed E-state index contributed by atoms with van der Waals surface area (Å²) in [5, 5.41) is 15.2. The third-order valence-electron chi connectivity index (χ3n) is 4.10. The van der Waals surface area contributed by atoms with Gasteiger partial charge >= 0.3 is 6.09 Å². The van der Waals surface area contributed by atoms with Crippen molar-refractivity contribution in [3.8, 4) is 11.6 Å². The average molecular weight is 427 g/mol. The first-order valence-electron chi connectivity index (χ1n) is 9.45. The predicted molar refractivity (Wildman–Crippen MR) is 112 cm³/mol. The third-order valence-corrected chi connectivity index (χ3v) is 4.92.